The minimum atomic E-state index is -0.0833. The Bertz CT molecular complexity index is 380. The summed E-state index contributed by atoms with van der Waals surface area (Å²) in [5.41, 5.74) is -0.0833. The van der Waals surface area contributed by atoms with Gasteiger partial charge in [0.1, 0.15) is 0 Å². The van der Waals surface area contributed by atoms with Crippen molar-refractivity contribution in [1.82, 2.24) is 15.0 Å². The van der Waals surface area contributed by atoms with Gasteiger partial charge in [0.05, 0.1) is 13.2 Å². The summed E-state index contributed by atoms with van der Waals surface area (Å²) < 4.78 is 5.30. The third-order valence-corrected chi connectivity index (χ3v) is 3.46. The Morgan fingerprint density at radius 2 is 2.11 bits per heavy atom. The summed E-state index contributed by atoms with van der Waals surface area (Å²) in [5.74, 6) is 1.40. The van der Waals surface area contributed by atoms with Gasteiger partial charge >= 0.3 is 0 Å². The van der Waals surface area contributed by atoms with Crippen LogP contribution in [-0.4, -0.2) is 39.3 Å². The van der Waals surface area contributed by atoms with E-state index in [4.69, 9.17) is 9.63 Å². The van der Waals surface area contributed by atoms with Crippen molar-refractivity contribution in [2.75, 3.05) is 13.2 Å². The van der Waals surface area contributed by atoms with E-state index in [2.05, 4.69) is 35.8 Å². The van der Waals surface area contributed by atoms with Crippen LogP contribution >= 0.6 is 0 Å². The van der Waals surface area contributed by atoms with Gasteiger partial charge in [-0.15, -0.1) is 0 Å². The van der Waals surface area contributed by atoms with E-state index in [1.807, 2.05) is 0 Å². The predicted molar refractivity (Wildman–Crippen MR) is 68.1 cm³/mol. The molecule has 1 fully saturated rings. The van der Waals surface area contributed by atoms with Crippen LogP contribution in [0.3, 0.4) is 0 Å². The maximum absolute atomic E-state index is 9.11. The fourth-order valence-electron chi connectivity index (χ4n) is 2.07. The van der Waals surface area contributed by atoms with E-state index >= 15 is 0 Å². The number of hydrogen-bond acceptors (Lipinski definition) is 5. The fraction of sp³-hybridized carbons (Fsp3) is 0.846. The molecule has 1 aliphatic carbocycles. The number of aromatic nitrogens is 2. The van der Waals surface area contributed by atoms with Crippen LogP contribution in [0.2, 0.25) is 0 Å². The van der Waals surface area contributed by atoms with Crippen LogP contribution in [0, 0.1) is 0 Å². The highest BCUT2D eigenvalue weighted by Crippen LogP contribution is 2.26. The van der Waals surface area contributed by atoms with Gasteiger partial charge < -0.3 is 9.63 Å². The molecule has 0 saturated heterocycles. The molecule has 2 rings (SSSR count). The highest BCUT2D eigenvalue weighted by atomic mass is 16.5. The van der Waals surface area contributed by atoms with E-state index in [1.54, 1.807) is 0 Å². The number of nitrogens with zero attached hydrogens (tertiary/aromatic N) is 3. The van der Waals surface area contributed by atoms with Crippen molar-refractivity contribution in [3.05, 3.63) is 11.7 Å². The number of rotatable bonds is 5. The molecule has 102 valence electrons. The molecular formula is C13H23N3O2. The molecule has 5 nitrogen and oxygen atoms in total. The molecule has 5 heteroatoms. The monoisotopic (exact) mass is 253 g/mol. The Balaban J connectivity index is 2.00. The lowest BCUT2D eigenvalue weighted by atomic mass is 9.91. The van der Waals surface area contributed by atoms with Crippen molar-refractivity contribution in [3.63, 3.8) is 0 Å². The molecule has 1 aliphatic rings. The Kier molecular flexibility index (Phi) is 4.02. The molecule has 0 amide bonds. The summed E-state index contributed by atoms with van der Waals surface area (Å²) in [5, 5.41) is 13.1. The van der Waals surface area contributed by atoms with Crippen molar-refractivity contribution >= 4 is 0 Å². The zero-order valence-corrected chi connectivity index (χ0v) is 11.5. The SMILES string of the molecule is CC(C)(C)c1noc(CN(CCO)C2CCC2)n1. The molecule has 1 aromatic heterocycles. The van der Waals surface area contributed by atoms with Gasteiger partial charge in [-0.25, -0.2) is 0 Å². The van der Waals surface area contributed by atoms with Gasteiger partial charge in [0.2, 0.25) is 5.89 Å². The van der Waals surface area contributed by atoms with E-state index in [0.29, 0.717) is 25.0 Å². The van der Waals surface area contributed by atoms with E-state index in [0.717, 1.165) is 5.82 Å². The third-order valence-electron chi connectivity index (χ3n) is 3.46. The van der Waals surface area contributed by atoms with E-state index in [1.165, 1.54) is 19.3 Å². The second kappa shape index (κ2) is 5.36. The van der Waals surface area contributed by atoms with Gasteiger partial charge in [0.15, 0.2) is 5.82 Å². The topological polar surface area (TPSA) is 62.4 Å². The maximum Gasteiger partial charge on any atom is 0.240 e. The standard InChI is InChI=1S/C13H23N3O2/c1-13(2,3)12-14-11(18-15-12)9-16(7-8-17)10-5-4-6-10/h10,17H,4-9H2,1-3H3. The second-order valence-electron chi connectivity index (χ2n) is 6.04. The van der Waals surface area contributed by atoms with Crippen molar-refractivity contribution in [2.45, 2.75) is 58.0 Å². The van der Waals surface area contributed by atoms with Crippen LogP contribution in [0.4, 0.5) is 0 Å². The summed E-state index contributed by atoms with van der Waals surface area (Å²) >= 11 is 0. The second-order valence-corrected chi connectivity index (χ2v) is 6.04. The summed E-state index contributed by atoms with van der Waals surface area (Å²) in [7, 11) is 0. The smallest absolute Gasteiger partial charge is 0.240 e. The van der Waals surface area contributed by atoms with Gasteiger partial charge in [-0.3, -0.25) is 4.90 Å². The van der Waals surface area contributed by atoms with Gasteiger partial charge in [-0.1, -0.05) is 32.3 Å². The summed E-state index contributed by atoms with van der Waals surface area (Å²) in [6.45, 7) is 7.71. The largest absolute Gasteiger partial charge is 0.395 e. The first kappa shape index (κ1) is 13.5. The first-order chi connectivity index (χ1) is 8.50. The molecule has 1 saturated carbocycles. The fourth-order valence-corrected chi connectivity index (χ4v) is 2.07. The highest BCUT2D eigenvalue weighted by molar-refractivity contribution is 5.00. The van der Waals surface area contributed by atoms with Crippen LogP contribution in [0.25, 0.3) is 0 Å². The maximum atomic E-state index is 9.11. The Morgan fingerprint density at radius 3 is 2.56 bits per heavy atom. The van der Waals surface area contributed by atoms with Gasteiger partial charge in [0, 0.05) is 18.0 Å². The number of hydrogen-bond donors (Lipinski definition) is 1. The van der Waals surface area contributed by atoms with Crippen LogP contribution in [-0.2, 0) is 12.0 Å². The first-order valence-electron chi connectivity index (χ1n) is 6.68. The van der Waals surface area contributed by atoms with Crippen LogP contribution < -0.4 is 0 Å². The normalized spacial score (nSPS) is 17.2. The molecule has 0 radical (unpaired) electrons. The van der Waals surface area contributed by atoms with Crippen molar-refractivity contribution in [2.24, 2.45) is 0 Å². The van der Waals surface area contributed by atoms with Crippen molar-refractivity contribution in [3.8, 4) is 0 Å². The molecule has 18 heavy (non-hydrogen) atoms. The van der Waals surface area contributed by atoms with Crippen molar-refractivity contribution < 1.29 is 9.63 Å². The van der Waals surface area contributed by atoms with Gasteiger partial charge in [0.25, 0.3) is 0 Å². The van der Waals surface area contributed by atoms with Gasteiger partial charge in [-0.2, -0.15) is 4.98 Å². The molecule has 1 heterocycles. The van der Waals surface area contributed by atoms with Crippen LogP contribution in [0.5, 0.6) is 0 Å². The molecule has 1 aromatic rings. The third kappa shape index (κ3) is 3.09. The van der Waals surface area contributed by atoms with Crippen LogP contribution in [0.1, 0.15) is 51.7 Å². The minimum absolute atomic E-state index is 0.0833. The summed E-state index contributed by atoms with van der Waals surface area (Å²) in [6.07, 6.45) is 3.70. The Morgan fingerprint density at radius 1 is 1.39 bits per heavy atom. The molecule has 0 unspecified atom stereocenters. The average Bonchev–Trinajstić information content (AvgIpc) is 2.63. The molecule has 0 aliphatic heterocycles. The Hall–Kier alpha value is -0.940. The minimum Gasteiger partial charge on any atom is -0.395 e. The molecule has 0 aromatic carbocycles. The summed E-state index contributed by atoms with van der Waals surface area (Å²) in [4.78, 5) is 6.68. The predicted octanol–water partition coefficient (Wildman–Crippen LogP) is 1.71. The van der Waals surface area contributed by atoms with Gasteiger partial charge in [-0.05, 0) is 12.8 Å². The molecular weight excluding hydrogens is 230 g/mol. The van der Waals surface area contributed by atoms with E-state index in [-0.39, 0.29) is 12.0 Å². The van der Waals surface area contributed by atoms with E-state index < -0.39 is 0 Å². The lowest BCUT2D eigenvalue weighted by molar-refractivity contribution is 0.0838. The summed E-state index contributed by atoms with van der Waals surface area (Å²) in [6, 6.07) is 0.571. The quantitative estimate of drug-likeness (QED) is 0.865. The van der Waals surface area contributed by atoms with E-state index in [9.17, 15) is 0 Å². The molecule has 0 spiro atoms. The zero-order chi connectivity index (χ0) is 13.2. The Labute approximate surface area is 108 Å². The molecule has 1 N–H and O–H groups in total. The highest BCUT2D eigenvalue weighted by Gasteiger charge is 2.27. The lowest BCUT2D eigenvalue weighted by Crippen LogP contribution is -2.41. The molecule has 0 bridgehead atoms. The first-order valence-corrected chi connectivity index (χ1v) is 6.68. The lowest BCUT2D eigenvalue weighted by Gasteiger charge is -2.36. The zero-order valence-electron chi connectivity index (χ0n) is 11.5. The van der Waals surface area contributed by atoms with Crippen molar-refractivity contribution in [1.29, 1.82) is 0 Å². The number of aliphatic hydroxyl groups is 1. The molecule has 0 atom stereocenters. The average molecular weight is 253 g/mol. The number of aliphatic hydroxyl groups excluding tert-OH is 1. The van der Waals surface area contributed by atoms with Crippen LogP contribution in [0.15, 0.2) is 4.52 Å².